The highest BCUT2D eigenvalue weighted by atomic mass is 15.3. The molecule has 0 spiro atoms. The first-order chi connectivity index (χ1) is 15.7. The molecule has 0 unspecified atom stereocenters. The zero-order valence-corrected chi connectivity index (χ0v) is 18.0. The number of nitrogens with one attached hydrogen (secondary N) is 2. The average molecular weight is 428 g/mol. The lowest BCUT2D eigenvalue weighted by Gasteiger charge is -2.22. The van der Waals surface area contributed by atoms with Crippen LogP contribution < -0.4 is 10.2 Å². The molecule has 2 N–H and O–H groups in total. The van der Waals surface area contributed by atoms with E-state index in [2.05, 4.69) is 26.5 Å². The Morgan fingerprint density at radius 2 is 2.09 bits per heavy atom. The fourth-order valence-electron chi connectivity index (χ4n) is 4.10. The second-order valence-electron chi connectivity index (χ2n) is 8.06. The molecule has 9 nitrogen and oxygen atoms in total. The third-order valence-electron chi connectivity index (χ3n) is 5.94. The van der Waals surface area contributed by atoms with Crippen LogP contribution in [0.5, 0.6) is 0 Å². The lowest BCUT2D eigenvalue weighted by atomic mass is 10.1. The number of piperidine rings is 1. The molecule has 4 aromatic heterocycles. The van der Waals surface area contributed by atoms with E-state index in [1.54, 1.807) is 0 Å². The number of anilines is 1. The van der Waals surface area contributed by atoms with E-state index in [0.717, 1.165) is 59.6 Å². The number of pyridine rings is 1. The van der Waals surface area contributed by atoms with Crippen LogP contribution in [0.1, 0.15) is 25.3 Å². The van der Waals surface area contributed by atoms with Crippen LogP contribution in [-0.2, 0) is 0 Å². The van der Waals surface area contributed by atoms with Crippen LogP contribution in [0.3, 0.4) is 0 Å². The maximum Gasteiger partial charge on any atom is 0.164 e. The lowest BCUT2D eigenvalue weighted by molar-refractivity contribution is 0.343. The minimum absolute atomic E-state index is 0.426. The Balaban J connectivity index is 1.41. The Kier molecular flexibility index (Phi) is 5.52. The van der Waals surface area contributed by atoms with Gasteiger partial charge in [-0.15, -0.1) is 0 Å². The summed E-state index contributed by atoms with van der Waals surface area (Å²) in [7, 11) is 1.94. The molecule has 0 bridgehead atoms. The topological polar surface area (TPSA) is 111 Å². The minimum Gasteiger partial charge on any atom is -0.359 e. The fourth-order valence-corrected chi connectivity index (χ4v) is 4.10. The van der Waals surface area contributed by atoms with Crippen molar-refractivity contribution in [3.05, 3.63) is 43.0 Å². The molecule has 0 radical (unpaired) electrons. The van der Waals surface area contributed by atoms with Gasteiger partial charge in [0.25, 0.3) is 0 Å². The highest BCUT2D eigenvalue weighted by Gasteiger charge is 2.17. The molecule has 0 aromatic carbocycles. The van der Waals surface area contributed by atoms with Crippen molar-refractivity contribution in [1.29, 1.82) is 5.26 Å². The van der Waals surface area contributed by atoms with Gasteiger partial charge in [0, 0.05) is 43.1 Å². The highest BCUT2D eigenvalue weighted by molar-refractivity contribution is 5.92. The second-order valence-corrected chi connectivity index (χ2v) is 8.06. The lowest BCUT2D eigenvalue weighted by Crippen LogP contribution is -2.29. The molecule has 4 aromatic rings. The Morgan fingerprint density at radius 3 is 2.94 bits per heavy atom. The normalized spacial score (nSPS) is 14.5. The van der Waals surface area contributed by atoms with Gasteiger partial charge < -0.3 is 15.2 Å². The molecule has 32 heavy (non-hydrogen) atoms. The second kappa shape index (κ2) is 8.77. The van der Waals surface area contributed by atoms with Gasteiger partial charge in [-0.25, -0.2) is 15.0 Å². The maximum atomic E-state index is 8.83. The smallest absolute Gasteiger partial charge is 0.164 e. The Bertz CT molecular complexity index is 1260. The summed E-state index contributed by atoms with van der Waals surface area (Å²) in [6.45, 7) is 2.69. The number of nitriles is 1. The van der Waals surface area contributed by atoms with Crippen LogP contribution in [0.4, 0.5) is 5.82 Å². The summed E-state index contributed by atoms with van der Waals surface area (Å²) < 4.78 is 2.04. The number of rotatable bonds is 6. The van der Waals surface area contributed by atoms with Gasteiger partial charge in [0.1, 0.15) is 11.5 Å². The molecule has 9 heteroatoms. The molecule has 0 aliphatic carbocycles. The summed E-state index contributed by atoms with van der Waals surface area (Å²) in [4.78, 5) is 19.4. The number of hydrogen-bond acceptors (Lipinski definition) is 7. The van der Waals surface area contributed by atoms with Gasteiger partial charge in [-0.1, -0.05) is 6.07 Å². The Labute approximate surface area is 186 Å². The summed E-state index contributed by atoms with van der Waals surface area (Å²) >= 11 is 0. The largest absolute Gasteiger partial charge is 0.359 e. The number of aromatic amines is 1. The molecule has 1 saturated heterocycles. The predicted molar refractivity (Wildman–Crippen MR) is 123 cm³/mol. The number of hydrogen-bond donors (Lipinski definition) is 2. The van der Waals surface area contributed by atoms with E-state index in [1.807, 2.05) is 59.6 Å². The van der Waals surface area contributed by atoms with Crippen molar-refractivity contribution in [3.8, 4) is 28.7 Å². The van der Waals surface area contributed by atoms with Crippen molar-refractivity contribution in [3.63, 3.8) is 0 Å². The standard InChI is InChI=1S/C23H25N9/c1-31(11-3-8-24)21-5-2-4-20(29-21)18-13-27-23-19(18)14-26-22(30-23)16-12-28-32(15-16)17-6-9-25-10-7-17/h2,4-5,12-15,17,25H,3,6-7,9-11H2,1H3,(H,26,27,30). The Hall–Kier alpha value is -3.77. The first-order valence-electron chi connectivity index (χ1n) is 10.9. The van der Waals surface area contributed by atoms with Crippen LogP contribution in [-0.4, -0.2) is 56.4 Å². The summed E-state index contributed by atoms with van der Waals surface area (Å²) in [5.74, 6) is 1.49. The van der Waals surface area contributed by atoms with E-state index < -0.39 is 0 Å². The molecule has 1 aliphatic heterocycles. The van der Waals surface area contributed by atoms with Crippen molar-refractivity contribution in [2.45, 2.75) is 25.3 Å². The van der Waals surface area contributed by atoms with Crippen LogP contribution in [0.25, 0.3) is 33.7 Å². The highest BCUT2D eigenvalue weighted by Crippen LogP contribution is 2.29. The first-order valence-corrected chi connectivity index (χ1v) is 10.9. The summed E-state index contributed by atoms with van der Waals surface area (Å²) in [6, 6.07) is 8.50. The molecule has 5 heterocycles. The van der Waals surface area contributed by atoms with E-state index in [-0.39, 0.29) is 0 Å². The molecule has 5 rings (SSSR count). The minimum atomic E-state index is 0.426. The number of aromatic nitrogens is 6. The van der Waals surface area contributed by atoms with E-state index in [9.17, 15) is 0 Å². The summed E-state index contributed by atoms with van der Waals surface area (Å²) in [5.41, 5.74) is 3.48. The number of nitrogens with zero attached hydrogens (tertiary/aromatic N) is 7. The fraction of sp³-hybridized carbons (Fsp3) is 0.348. The van der Waals surface area contributed by atoms with Gasteiger partial charge in [-0.2, -0.15) is 10.4 Å². The third-order valence-corrected chi connectivity index (χ3v) is 5.94. The Morgan fingerprint density at radius 1 is 1.22 bits per heavy atom. The van der Waals surface area contributed by atoms with Crippen molar-refractivity contribution in [2.75, 3.05) is 31.6 Å². The molecule has 1 fully saturated rings. The van der Waals surface area contributed by atoms with Gasteiger partial charge in [-0.3, -0.25) is 4.68 Å². The number of H-pyrrole nitrogens is 1. The van der Waals surface area contributed by atoms with Gasteiger partial charge in [0.05, 0.1) is 36.0 Å². The molecular weight excluding hydrogens is 402 g/mol. The SMILES string of the molecule is CN(CCC#N)c1cccc(-c2c[nH]c3nc(-c4cnn(C5CCNCC5)c4)ncc23)n1. The molecule has 0 amide bonds. The van der Waals surface area contributed by atoms with Crippen LogP contribution in [0.2, 0.25) is 0 Å². The van der Waals surface area contributed by atoms with Crippen LogP contribution in [0.15, 0.2) is 43.0 Å². The number of fused-ring (bicyclic) bond motifs is 1. The van der Waals surface area contributed by atoms with Crippen molar-refractivity contribution < 1.29 is 0 Å². The van der Waals surface area contributed by atoms with Gasteiger partial charge >= 0.3 is 0 Å². The predicted octanol–water partition coefficient (Wildman–Crippen LogP) is 3.16. The monoisotopic (exact) mass is 427 g/mol. The first kappa shape index (κ1) is 20.2. The quantitative estimate of drug-likeness (QED) is 0.486. The van der Waals surface area contributed by atoms with Gasteiger partial charge in [0.2, 0.25) is 0 Å². The van der Waals surface area contributed by atoms with Crippen molar-refractivity contribution in [2.24, 2.45) is 0 Å². The van der Waals surface area contributed by atoms with Crippen molar-refractivity contribution in [1.82, 2.24) is 35.0 Å². The summed E-state index contributed by atoms with van der Waals surface area (Å²) in [6.07, 6.45) is 10.3. The maximum absolute atomic E-state index is 8.83. The van der Waals surface area contributed by atoms with Gasteiger partial charge in [-0.05, 0) is 38.1 Å². The van der Waals surface area contributed by atoms with Crippen molar-refractivity contribution >= 4 is 16.9 Å². The van der Waals surface area contributed by atoms with E-state index in [0.29, 0.717) is 24.8 Å². The van der Waals surface area contributed by atoms with Crippen LogP contribution in [0, 0.1) is 11.3 Å². The zero-order valence-electron chi connectivity index (χ0n) is 18.0. The van der Waals surface area contributed by atoms with E-state index in [1.165, 1.54) is 0 Å². The molecular formula is C23H25N9. The molecule has 0 atom stereocenters. The summed E-state index contributed by atoms with van der Waals surface area (Å²) in [5, 5.41) is 17.7. The molecule has 1 aliphatic rings. The third kappa shape index (κ3) is 3.92. The van der Waals surface area contributed by atoms with Gasteiger partial charge in [0.15, 0.2) is 5.82 Å². The molecule has 0 saturated carbocycles. The zero-order chi connectivity index (χ0) is 21.9. The average Bonchev–Trinajstić information content (AvgIpc) is 3.50. The van der Waals surface area contributed by atoms with E-state index in [4.69, 9.17) is 15.2 Å². The molecule has 162 valence electrons. The van der Waals surface area contributed by atoms with E-state index >= 15 is 0 Å². The van der Waals surface area contributed by atoms with Crippen LogP contribution >= 0.6 is 0 Å².